The van der Waals surface area contributed by atoms with E-state index in [0.29, 0.717) is 48.6 Å². The number of rotatable bonds is 9. The van der Waals surface area contributed by atoms with Crippen LogP contribution < -0.4 is 4.72 Å². The number of fused-ring (bicyclic) bond motifs is 1. The molecular formula is C24H29N5O4S. The fraction of sp³-hybridized carbons (Fsp3) is 0.417. The van der Waals surface area contributed by atoms with Gasteiger partial charge in [-0.2, -0.15) is 9.98 Å². The van der Waals surface area contributed by atoms with Crippen LogP contribution in [0, 0.1) is 17.2 Å². The number of nitrogens with zero attached hydrogens (tertiary/aromatic N) is 3. The van der Waals surface area contributed by atoms with Crippen LogP contribution in [0.3, 0.4) is 0 Å². The molecule has 10 heteroatoms. The summed E-state index contributed by atoms with van der Waals surface area (Å²) in [5.74, 6) is 0.103. The van der Waals surface area contributed by atoms with Crippen LogP contribution in [0.15, 0.2) is 53.7 Å². The van der Waals surface area contributed by atoms with Crippen LogP contribution in [0.4, 0.5) is 0 Å². The molecule has 9 nitrogen and oxygen atoms in total. The summed E-state index contributed by atoms with van der Waals surface area (Å²) >= 11 is 0. The molecule has 1 fully saturated rings. The van der Waals surface area contributed by atoms with E-state index in [1.54, 1.807) is 52.2 Å². The molecule has 0 aliphatic carbocycles. The Morgan fingerprint density at radius 2 is 2.03 bits per heavy atom. The number of aliphatic hydroxyl groups is 1. The van der Waals surface area contributed by atoms with Crippen LogP contribution in [0.1, 0.15) is 31.4 Å². The number of amides is 1. The molecule has 3 aromatic rings. The molecule has 1 aliphatic heterocycles. The lowest BCUT2D eigenvalue weighted by Gasteiger charge is -2.34. The van der Waals surface area contributed by atoms with Crippen molar-refractivity contribution in [3.8, 4) is 6.07 Å². The average molecular weight is 484 g/mol. The molecule has 1 unspecified atom stereocenters. The topological polar surface area (TPSA) is 131 Å². The van der Waals surface area contributed by atoms with Crippen molar-refractivity contribution in [1.29, 1.82) is 5.26 Å². The Morgan fingerprint density at radius 3 is 2.76 bits per heavy atom. The first-order chi connectivity index (χ1) is 16.4. The second-order valence-electron chi connectivity index (χ2n) is 8.64. The summed E-state index contributed by atoms with van der Waals surface area (Å²) in [7, 11) is -3.99. The zero-order valence-corrected chi connectivity index (χ0v) is 19.7. The van der Waals surface area contributed by atoms with Crippen molar-refractivity contribution in [2.24, 2.45) is 5.92 Å². The summed E-state index contributed by atoms with van der Waals surface area (Å²) in [4.78, 5) is 18.3. The normalized spacial score (nSPS) is 15.9. The third-order valence-electron chi connectivity index (χ3n) is 6.51. The van der Waals surface area contributed by atoms with Gasteiger partial charge >= 0.3 is 0 Å². The van der Waals surface area contributed by atoms with Crippen LogP contribution in [-0.4, -0.2) is 59.6 Å². The van der Waals surface area contributed by atoms with Crippen molar-refractivity contribution in [3.05, 3.63) is 54.5 Å². The summed E-state index contributed by atoms with van der Waals surface area (Å²) < 4.78 is 31.1. The van der Waals surface area contributed by atoms with Gasteiger partial charge in [0.2, 0.25) is 15.9 Å². The number of carbonyl (C=O) groups is 1. The van der Waals surface area contributed by atoms with E-state index in [2.05, 4.69) is 15.8 Å². The number of carbonyl (C=O) groups excluding carboxylic acids is 1. The van der Waals surface area contributed by atoms with Crippen LogP contribution in [0.2, 0.25) is 0 Å². The van der Waals surface area contributed by atoms with Crippen molar-refractivity contribution in [1.82, 2.24) is 19.2 Å². The summed E-state index contributed by atoms with van der Waals surface area (Å²) in [6.07, 6.45) is 5.91. The number of hydrogen-bond acceptors (Lipinski definition) is 5. The smallest absolute Gasteiger partial charge is 0.241 e. The zero-order chi connectivity index (χ0) is 24.1. The van der Waals surface area contributed by atoms with Crippen LogP contribution in [-0.2, 0) is 21.4 Å². The second-order valence-corrected chi connectivity index (χ2v) is 10.3. The van der Waals surface area contributed by atoms with Crippen LogP contribution in [0.5, 0.6) is 0 Å². The highest BCUT2D eigenvalue weighted by Crippen LogP contribution is 2.24. The lowest BCUT2D eigenvalue weighted by Crippen LogP contribution is -2.51. The Labute approximate surface area is 199 Å². The first kappa shape index (κ1) is 24.0. The summed E-state index contributed by atoms with van der Waals surface area (Å²) in [6, 6.07) is 11.2. The Balaban J connectivity index is 1.56. The van der Waals surface area contributed by atoms with Crippen molar-refractivity contribution < 1.29 is 18.3 Å². The first-order valence-electron chi connectivity index (χ1n) is 11.5. The summed E-state index contributed by atoms with van der Waals surface area (Å²) in [5.41, 5.74) is 1.15. The molecular weight excluding hydrogens is 454 g/mol. The molecule has 0 radical (unpaired) electrons. The number of hydrogen-bond donors (Lipinski definition) is 3. The number of aliphatic hydroxyl groups excluding tert-OH is 1. The third kappa shape index (κ3) is 5.17. The monoisotopic (exact) mass is 483 g/mol. The van der Waals surface area contributed by atoms with E-state index in [-0.39, 0.29) is 23.8 Å². The van der Waals surface area contributed by atoms with E-state index in [4.69, 9.17) is 0 Å². The molecule has 1 atom stereocenters. The molecule has 34 heavy (non-hydrogen) atoms. The number of aromatic amines is 1. The van der Waals surface area contributed by atoms with E-state index in [1.165, 1.54) is 6.07 Å². The number of benzene rings is 1. The van der Waals surface area contributed by atoms with Gasteiger partial charge in [-0.3, -0.25) is 4.79 Å². The number of nitrogens with one attached hydrogen (secondary N) is 2. The standard InChI is InChI=1S/C24H29N5O4S/c25-17-19-3-2-12-28(19)15-9-22(24(31)29-13-7-18(8-14-29)10-16-30)27-34(32,33)23-5-1-4-21-20(23)6-11-26-21/h1-6,11-12,18,22,26-27,30H,7-10,13-16H2. The van der Waals surface area contributed by atoms with Crippen LogP contribution in [0.25, 0.3) is 10.9 Å². The van der Waals surface area contributed by atoms with Gasteiger partial charge in [0.25, 0.3) is 0 Å². The van der Waals surface area contributed by atoms with E-state index in [0.717, 1.165) is 12.8 Å². The molecule has 0 bridgehead atoms. The molecule has 180 valence electrons. The minimum Gasteiger partial charge on any atom is -0.396 e. The number of H-pyrrole nitrogens is 1. The molecule has 4 rings (SSSR count). The molecule has 0 saturated carbocycles. The van der Waals surface area contributed by atoms with Gasteiger partial charge in [0.1, 0.15) is 17.8 Å². The second kappa shape index (κ2) is 10.4. The molecule has 0 spiro atoms. The molecule has 1 saturated heterocycles. The zero-order valence-electron chi connectivity index (χ0n) is 18.9. The molecule has 2 aromatic heterocycles. The summed E-state index contributed by atoms with van der Waals surface area (Å²) in [6.45, 7) is 1.51. The van der Waals surface area contributed by atoms with Crippen molar-refractivity contribution >= 4 is 26.8 Å². The van der Waals surface area contributed by atoms with E-state index in [1.807, 2.05) is 0 Å². The highest BCUT2D eigenvalue weighted by atomic mass is 32.2. The van der Waals surface area contributed by atoms with Gasteiger partial charge in [-0.05, 0) is 61.9 Å². The Morgan fingerprint density at radius 1 is 1.24 bits per heavy atom. The molecule has 1 amide bonds. The van der Waals surface area contributed by atoms with E-state index < -0.39 is 16.1 Å². The Bertz CT molecular complexity index is 1280. The van der Waals surface area contributed by atoms with Gasteiger partial charge in [-0.15, -0.1) is 0 Å². The fourth-order valence-corrected chi connectivity index (χ4v) is 6.04. The van der Waals surface area contributed by atoms with Gasteiger partial charge in [0.15, 0.2) is 0 Å². The number of aryl methyl sites for hydroxylation is 1. The van der Waals surface area contributed by atoms with Crippen LogP contribution >= 0.6 is 0 Å². The van der Waals surface area contributed by atoms with Crippen molar-refractivity contribution in [2.45, 2.75) is 43.2 Å². The average Bonchev–Trinajstić information content (AvgIpc) is 3.50. The van der Waals surface area contributed by atoms with E-state index >= 15 is 0 Å². The first-order valence-corrected chi connectivity index (χ1v) is 12.9. The maximum absolute atomic E-state index is 13.5. The third-order valence-corrected chi connectivity index (χ3v) is 8.04. The van der Waals surface area contributed by atoms with Gasteiger partial charge in [0, 0.05) is 49.5 Å². The molecule has 3 N–H and O–H groups in total. The minimum absolute atomic E-state index is 0.115. The minimum atomic E-state index is -3.99. The number of piperidine rings is 1. The van der Waals surface area contributed by atoms with Gasteiger partial charge in [-0.1, -0.05) is 6.07 Å². The predicted molar refractivity (Wildman–Crippen MR) is 127 cm³/mol. The Hall–Kier alpha value is -3.13. The largest absolute Gasteiger partial charge is 0.396 e. The quantitative estimate of drug-likeness (QED) is 0.429. The lowest BCUT2D eigenvalue weighted by molar-refractivity contribution is -0.134. The lowest BCUT2D eigenvalue weighted by atomic mass is 9.93. The van der Waals surface area contributed by atoms with Crippen molar-refractivity contribution in [2.75, 3.05) is 19.7 Å². The summed E-state index contributed by atoms with van der Waals surface area (Å²) in [5, 5.41) is 19.0. The highest BCUT2D eigenvalue weighted by molar-refractivity contribution is 7.89. The Kier molecular flexibility index (Phi) is 7.36. The van der Waals surface area contributed by atoms with Crippen molar-refractivity contribution in [3.63, 3.8) is 0 Å². The highest BCUT2D eigenvalue weighted by Gasteiger charge is 2.32. The maximum atomic E-state index is 13.5. The van der Waals surface area contributed by atoms with Gasteiger partial charge < -0.3 is 19.6 Å². The fourth-order valence-electron chi connectivity index (χ4n) is 4.60. The molecule has 1 aromatic carbocycles. The number of likely N-dealkylation sites (tertiary alicyclic amines) is 1. The molecule has 1 aliphatic rings. The number of nitriles is 1. The van der Waals surface area contributed by atoms with Gasteiger partial charge in [-0.25, -0.2) is 8.42 Å². The van der Waals surface area contributed by atoms with Gasteiger partial charge in [0.05, 0.1) is 4.90 Å². The molecule has 3 heterocycles. The maximum Gasteiger partial charge on any atom is 0.241 e. The van der Waals surface area contributed by atoms with E-state index in [9.17, 15) is 23.6 Å². The number of sulfonamides is 1. The SMILES string of the molecule is N#Cc1cccn1CCC(NS(=O)(=O)c1cccc2[nH]ccc12)C(=O)N1CCC(CCO)CC1. The predicted octanol–water partition coefficient (Wildman–Crippen LogP) is 2.20. The number of aromatic nitrogens is 2.